The summed E-state index contributed by atoms with van der Waals surface area (Å²) in [6, 6.07) is 5.79. The first-order chi connectivity index (χ1) is 9.93. The summed E-state index contributed by atoms with van der Waals surface area (Å²) in [6.07, 6.45) is 0.0367. The van der Waals surface area contributed by atoms with Crippen molar-refractivity contribution in [3.63, 3.8) is 0 Å². The van der Waals surface area contributed by atoms with E-state index >= 15 is 0 Å². The zero-order valence-corrected chi connectivity index (χ0v) is 12.5. The lowest BCUT2D eigenvalue weighted by Crippen LogP contribution is -2.42. The van der Waals surface area contributed by atoms with Crippen molar-refractivity contribution in [1.82, 2.24) is 4.90 Å². The van der Waals surface area contributed by atoms with Gasteiger partial charge in [-0.3, -0.25) is 19.3 Å². The zero-order valence-electron chi connectivity index (χ0n) is 11.7. The van der Waals surface area contributed by atoms with E-state index in [1.165, 1.54) is 12.0 Å². The van der Waals surface area contributed by atoms with Crippen molar-refractivity contribution in [3.05, 3.63) is 29.3 Å². The zero-order chi connectivity index (χ0) is 15.6. The van der Waals surface area contributed by atoms with Crippen LogP contribution in [0.15, 0.2) is 24.3 Å². The minimum absolute atomic E-state index is 0.0367. The van der Waals surface area contributed by atoms with Gasteiger partial charge in [-0.25, -0.2) is 4.90 Å². The standard InChI is InChI=1S/C14H15ClN2O4/c1-16(8-13(19)21-2)11-7-12(18)17(14(11)20)10-5-3-9(15)4-6-10/h3-6,11H,7-8H2,1-2H3/t11-/m0/s1. The summed E-state index contributed by atoms with van der Waals surface area (Å²) in [6.45, 7) is -0.0470. The number of imide groups is 1. The predicted molar refractivity (Wildman–Crippen MR) is 77.0 cm³/mol. The van der Waals surface area contributed by atoms with E-state index in [4.69, 9.17) is 11.6 Å². The number of carbonyl (C=O) groups excluding carboxylic acids is 3. The number of amides is 2. The third-order valence-corrected chi connectivity index (χ3v) is 3.60. The Morgan fingerprint density at radius 3 is 2.57 bits per heavy atom. The van der Waals surface area contributed by atoms with Crippen LogP contribution in [0.4, 0.5) is 5.69 Å². The first kappa shape index (κ1) is 15.5. The number of halogens is 1. The molecule has 2 amide bonds. The molecule has 21 heavy (non-hydrogen) atoms. The van der Waals surface area contributed by atoms with Crippen LogP contribution in [0.5, 0.6) is 0 Å². The van der Waals surface area contributed by atoms with Crippen molar-refractivity contribution in [2.45, 2.75) is 12.5 Å². The number of nitrogens with zero attached hydrogens (tertiary/aromatic N) is 2. The highest BCUT2D eigenvalue weighted by atomic mass is 35.5. The lowest BCUT2D eigenvalue weighted by atomic mass is 10.2. The van der Waals surface area contributed by atoms with E-state index in [1.807, 2.05) is 0 Å². The SMILES string of the molecule is COC(=O)CN(C)[C@H]1CC(=O)N(c2ccc(Cl)cc2)C1=O. The molecule has 6 nitrogen and oxygen atoms in total. The van der Waals surface area contributed by atoms with Gasteiger partial charge in [-0.2, -0.15) is 0 Å². The van der Waals surface area contributed by atoms with Gasteiger partial charge in [0.25, 0.3) is 5.91 Å². The van der Waals surface area contributed by atoms with Crippen LogP contribution < -0.4 is 4.90 Å². The lowest BCUT2D eigenvalue weighted by molar-refractivity contribution is -0.142. The molecule has 1 aromatic carbocycles. The molecule has 0 spiro atoms. The van der Waals surface area contributed by atoms with Crippen LogP contribution in [0.25, 0.3) is 0 Å². The van der Waals surface area contributed by atoms with E-state index in [0.29, 0.717) is 10.7 Å². The summed E-state index contributed by atoms with van der Waals surface area (Å²) in [5.74, 6) is -1.11. The van der Waals surface area contributed by atoms with Crippen molar-refractivity contribution < 1.29 is 19.1 Å². The average Bonchev–Trinajstić information content (AvgIpc) is 2.75. The summed E-state index contributed by atoms with van der Waals surface area (Å²) in [5, 5.41) is 0.525. The van der Waals surface area contributed by atoms with Crippen LogP contribution in [0.3, 0.4) is 0 Å². The van der Waals surface area contributed by atoms with Gasteiger partial charge in [0.15, 0.2) is 0 Å². The van der Waals surface area contributed by atoms with E-state index in [9.17, 15) is 14.4 Å². The molecule has 0 N–H and O–H groups in total. The second-order valence-electron chi connectivity index (χ2n) is 4.75. The summed E-state index contributed by atoms with van der Waals surface area (Å²) >= 11 is 5.80. The molecule has 1 aromatic rings. The van der Waals surface area contributed by atoms with E-state index in [1.54, 1.807) is 31.3 Å². The first-order valence-electron chi connectivity index (χ1n) is 6.33. The fraction of sp³-hybridized carbons (Fsp3) is 0.357. The molecular formula is C14H15ClN2O4. The molecular weight excluding hydrogens is 296 g/mol. The van der Waals surface area contributed by atoms with Crippen molar-refractivity contribution in [3.8, 4) is 0 Å². The molecule has 1 aliphatic heterocycles. The van der Waals surface area contributed by atoms with E-state index < -0.39 is 12.0 Å². The molecule has 2 rings (SSSR count). The largest absolute Gasteiger partial charge is 0.468 e. The van der Waals surface area contributed by atoms with Gasteiger partial charge in [0.1, 0.15) is 0 Å². The molecule has 1 heterocycles. The Labute approximate surface area is 127 Å². The van der Waals surface area contributed by atoms with Crippen molar-refractivity contribution in [2.75, 3.05) is 25.6 Å². The minimum atomic E-state index is -0.660. The quantitative estimate of drug-likeness (QED) is 0.615. The molecule has 0 radical (unpaired) electrons. The molecule has 1 aliphatic rings. The maximum absolute atomic E-state index is 12.4. The molecule has 1 atom stereocenters. The Balaban J connectivity index is 2.16. The molecule has 7 heteroatoms. The molecule has 1 fully saturated rings. The summed E-state index contributed by atoms with van der Waals surface area (Å²) < 4.78 is 4.56. The Morgan fingerprint density at radius 2 is 2.00 bits per heavy atom. The molecule has 112 valence electrons. The number of likely N-dealkylation sites (N-methyl/N-ethyl adjacent to an activating group) is 1. The molecule has 0 unspecified atom stereocenters. The van der Waals surface area contributed by atoms with Crippen molar-refractivity contribution in [1.29, 1.82) is 0 Å². The number of hydrogen-bond acceptors (Lipinski definition) is 5. The van der Waals surface area contributed by atoms with Gasteiger partial charge in [-0.1, -0.05) is 11.6 Å². The predicted octanol–water partition coefficient (Wildman–Crippen LogP) is 1.08. The maximum Gasteiger partial charge on any atom is 0.319 e. The van der Waals surface area contributed by atoms with Crippen molar-refractivity contribution in [2.24, 2.45) is 0 Å². The lowest BCUT2D eigenvalue weighted by Gasteiger charge is -2.21. The molecule has 1 saturated heterocycles. The van der Waals surface area contributed by atoms with Crippen molar-refractivity contribution >= 4 is 35.1 Å². The number of rotatable bonds is 4. The van der Waals surface area contributed by atoms with Gasteiger partial charge >= 0.3 is 5.97 Å². The van der Waals surface area contributed by atoms with E-state index in [-0.39, 0.29) is 24.8 Å². The van der Waals surface area contributed by atoms with Gasteiger partial charge < -0.3 is 4.74 Å². The highest BCUT2D eigenvalue weighted by Crippen LogP contribution is 2.26. The Bertz CT molecular complexity index is 573. The fourth-order valence-corrected chi connectivity index (χ4v) is 2.33. The highest BCUT2D eigenvalue weighted by molar-refractivity contribution is 6.30. The highest BCUT2D eigenvalue weighted by Gasteiger charge is 2.42. The third kappa shape index (κ3) is 3.22. The number of esters is 1. The third-order valence-electron chi connectivity index (χ3n) is 3.35. The van der Waals surface area contributed by atoms with E-state index in [0.717, 1.165) is 4.90 Å². The van der Waals surface area contributed by atoms with Gasteiger partial charge in [0.05, 0.1) is 31.8 Å². The normalized spacial score (nSPS) is 18.5. The van der Waals surface area contributed by atoms with Crippen LogP contribution in [0, 0.1) is 0 Å². The van der Waals surface area contributed by atoms with Crippen LogP contribution in [-0.2, 0) is 19.1 Å². The molecule has 0 bridgehead atoms. The average molecular weight is 311 g/mol. The fourth-order valence-electron chi connectivity index (χ4n) is 2.20. The summed E-state index contributed by atoms with van der Waals surface area (Å²) in [4.78, 5) is 38.4. The van der Waals surface area contributed by atoms with Crippen LogP contribution in [-0.4, -0.2) is 49.4 Å². The molecule has 0 saturated carbocycles. The number of carbonyl (C=O) groups is 3. The second-order valence-corrected chi connectivity index (χ2v) is 5.19. The monoisotopic (exact) mass is 310 g/mol. The Kier molecular flexibility index (Phi) is 4.59. The minimum Gasteiger partial charge on any atom is -0.468 e. The van der Waals surface area contributed by atoms with Gasteiger partial charge in [0, 0.05) is 5.02 Å². The second kappa shape index (κ2) is 6.24. The topological polar surface area (TPSA) is 66.9 Å². The first-order valence-corrected chi connectivity index (χ1v) is 6.71. The smallest absolute Gasteiger partial charge is 0.319 e. The Hall–Kier alpha value is -1.92. The Morgan fingerprint density at radius 1 is 1.38 bits per heavy atom. The van der Waals surface area contributed by atoms with Gasteiger partial charge in [-0.05, 0) is 31.3 Å². The number of hydrogen-bond donors (Lipinski definition) is 0. The maximum atomic E-state index is 12.4. The van der Waals surface area contributed by atoms with Gasteiger partial charge in [-0.15, -0.1) is 0 Å². The number of ether oxygens (including phenoxy) is 1. The number of benzene rings is 1. The number of methoxy groups -OCH3 is 1. The summed E-state index contributed by atoms with van der Waals surface area (Å²) in [5.41, 5.74) is 0.475. The van der Waals surface area contributed by atoms with Crippen LogP contribution >= 0.6 is 11.6 Å². The van der Waals surface area contributed by atoms with Gasteiger partial charge in [0.2, 0.25) is 5.91 Å². The molecule has 0 aromatic heterocycles. The van der Waals surface area contributed by atoms with Crippen LogP contribution in [0.2, 0.25) is 5.02 Å². The molecule has 0 aliphatic carbocycles. The summed E-state index contributed by atoms with van der Waals surface area (Å²) in [7, 11) is 2.88. The number of anilines is 1. The van der Waals surface area contributed by atoms with E-state index in [2.05, 4.69) is 4.74 Å². The van der Waals surface area contributed by atoms with Crippen LogP contribution in [0.1, 0.15) is 6.42 Å².